The molecule has 0 heterocycles. The number of benzene rings is 1. The first-order valence-electron chi connectivity index (χ1n) is 8.24. The molecule has 156 valence electrons. The Kier molecular flexibility index (Phi) is 13.0. The van der Waals surface area contributed by atoms with Gasteiger partial charge in [0.25, 0.3) is 0 Å². The van der Waals surface area contributed by atoms with Gasteiger partial charge in [-0.15, -0.1) is 24.0 Å². The zero-order valence-electron chi connectivity index (χ0n) is 15.6. The molecule has 0 aliphatic carbocycles. The van der Waals surface area contributed by atoms with Gasteiger partial charge in [-0.25, -0.2) is 0 Å². The SMILES string of the molecule is CN=C(NCCCOCC(F)(F)F)NCC(C)Oc1ccccc1OC.I. The van der Waals surface area contributed by atoms with Crippen LogP contribution in [-0.2, 0) is 4.74 Å². The largest absolute Gasteiger partial charge is 0.493 e. The van der Waals surface area contributed by atoms with Crippen LogP contribution in [0.25, 0.3) is 0 Å². The van der Waals surface area contributed by atoms with Crippen LogP contribution in [0.15, 0.2) is 29.3 Å². The van der Waals surface area contributed by atoms with E-state index in [1.165, 1.54) is 0 Å². The number of nitrogens with zero attached hydrogens (tertiary/aromatic N) is 1. The van der Waals surface area contributed by atoms with Crippen LogP contribution in [0, 0.1) is 0 Å². The zero-order valence-corrected chi connectivity index (χ0v) is 18.0. The summed E-state index contributed by atoms with van der Waals surface area (Å²) in [5.41, 5.74) is 0. The van der Waals surface area contributed by atoms with Crippen molar-refractivity contribution in [3.8, 4) is 11.5 Å². The van der Waals surface area contributed by atoms with E-state index in [9.17, 15) is 13.2 Å². The fourth-order valence-corrected chi connectivity index (χ4v) is 2.00. The summed E-state index contributed by atoms with van der Waals surface area (Å²) in [5, 5.41) is 6.10. The number of hydrogen-bond acceptors (Lipinski definition) is 4. The van der Waals surface area contributed by atoms with Crippen molar-refractivity contribution in [3.63, 3.8) is 0 Å². The van der Waals surface area contributed by atoms with Gasteiger partial charge >= 0.3 is 6.18 Å². The van der Waals surface area contributed by atoms with Gasteiger partial charge in [0.15, 0.2) is 17.5 Å². The van der Waals surface area contributed by atoms with Crippen molar-refractivity contribution in [2.75, 3.05) is 40.5 Å². The van der Waals surface area contributed by atoms with Crippen LogP contribution < -0.4 is 20.1 Å². The summed E-state index contributed by atoms with van der Waals surface area (Å²) in [6, 6.07) is 7.36. The molecule has 1 rings (SSSR count). The molecule has 2 N–H and O–H groups in total. The molecule has 0 saturated carbocycles. The lowest BCUT2D eigenvalue weighted by Gasteiger charge is -2.19. The first-order chi connectivity index (χ1) is 12.4. The van der Waals surface area contributed by atoms with E-state index in [0.29, 0.717) is 37.0 Å². The second-order valence-corrected chi connectivity index (χ2v) is 5.48. The van der Waals surface area contributed by atoms with E-state index in [2.05, 4.69) is 20.4 Å². The van der Waals surface area contributed by atoms with Crippen LogP contribution in [0.1, 0.15) is 13.3 Å². The third-order valence-corrected chi connectivity index (χ3v) is 3.20. The molecule has 0 aliphatic heterocycles. The lowest BCUT2D eigenvalue weighted by molar-refractivity contribution is -0.173. The van der Waals surface area contributed by atoms with Gasteiger partial charge in [0.05, 0.1) is 13.7 Å². The Balaban J connectivity index is 0.00000676. The molecular weight excluding hydrogens is 478 g/mol. The number of aliphatic imine (C=N–C) groups is 1. The number of guanidine groups is 1. The Morgan fingerprint density at radius 3 is 2.44 bits per heavy atom. The van der Waals surface area contributed by atoms with Gasteiger partial charge in [-0.05, 0) is 25.5 Å². The van der Waals surface area contributed by atoms with E-state index in [-0.39, 0.29) is 36.7 Å². The van der Waals surface area contributed by atoms with Crippen LogP contribution in [-0.4, -0.2) is 58.7 Å². The van der Waals surface area contributed by atoms with E-state index >= 15 is 0 Å². The van der Waals surface area contributed by atoms with Crippen LogP contribution >= 0.6 is 24.0 Å². The first-order valence-corrected chi connectivity index (χ1v) is 8.24. The zero-order chi connectivity index (χ0) is 19.4. The second kappa shape index (κ2) is 13.7. The van der Waals surface area contributed by atoms with Crippen LogP contribution in [0.5, 0.6) is 11.5 Å². The van der Waals surface area contributed by atoms with Crippen LogP contribution in [0.4, 0.5) is 13.2 Å². The third-order valence-electron chi connectivity index (χ3n) is 3.20. The lowest BCUT2D eigenvalue weighted by atomic mass is 10.3. The van der Waals surface area contributed by atoms with Gasteiger partial charge in [-0.2, -0.15) is 13.2 Å². The molecule has 6 nitrogen and oxygen atoms in total. The fraction of sp³-hybridized carbons (Fsp3) is 0.588. The second-order valence-electron chi connectivity index (χ2n) is 5.48. The summed E-state index contributed by atoms with van der Waals surface area (Å²) in [5.74, 6) is 1.84. The van der Waals surface area contributed by atoms with Gasteiger partial charge in [0.2, 0.25) is 0 Å². The van der Waals surface area contributed by atoms with E-state index < -0.39 is 12.8 Å². The maximum atomic E-state index is 11.9. The van der Waals surface area contributed by atoms with Crippen LogP contribution in [0.2, 0.25) is 0 Å². The molecule has 0 aromatic heterocycles. The monoisotopic (exact) mass is 505 g/mol. The quantitative estimate of drug-likeness (QED) is 0.222. The molecule has 1 atom stereocenters. The number of hydrogen-bond donors (Lipinski definition) is 2. The Labute approximate surface area is 174 Å². The number of para-hydroxylation sites is 2. The van der Waals surface area contributed by atoms with E-state index in [1.54, 1.807) is 14.2 Å². The van der Waals surface area contributed by atoms with E-state index in [4.69, 9.17) is 9.47 Å². The fourth-order valence-electron chi connectivity index (χ4n) is 2.00. The molecule has 0 fully saturated rings. The molecule has 0 radical (unpaired) electrons. The molecule has 27 heavy (non-hydrogen) atoms. The third kappa shape index (κ3) is 11.8. The van der Waals surface area contributed by atoms with Crippen molar-refractivity contribution in [1.29, 1.82) is 0 Å². The summed E-state index contributed by atoms with van der Waals surface area (Å²) in [4.78, 5) is 4.05. The van der Waals surface area contributed by atoms with Crippen molar-refractivity contribution in [2.24, 2.45) is 4.99 Å². The van der Waals surface area contributed by atoms with Gasteiger partial charge in [0.1, 0.15) is 12.7 Å². The number of halogens is 4. The summed E-state index contributed by atoms with van der Waals surface area (Å²) >= 11 is 0. The molecule has 0 amide bonds. The highest BCUT2D eigenvalue weighted by Crippen LogP contribution is 2.26. The standard InChI is InChI=1S/C17H26F3N3O3.HI/c1-13(26-15-8-5-4-7-14(15)24-3)11-23-16(21-2)22-9-6-10-25-12-17(18,19)20;/h4-5,7-8,13H,6,9-12H2,1-3H3,(H2,21,22,23);1H. The summed E-state index contributed by atoms with van der Waals surface area (Å²) < 4.78 is 51.4. The van der Waals surface area contributed by atoms with Crippen molar-refractivity contribution in [3.05, 3.63) is 24.3 Å². The average Bonchev–Trinajstić information content (AvgIpc) is 2.60. The Hall–Kier alpha value is -1.43. The van der Waals surface area contributed by atoms with Crippen molar-refractivity contribution in [1.82, 2.24) is 10.6 Å². The summed E-state index contributed by atoms with van der Waals surface area (Å²) in [7, 11) is 3.19. The number of nitrogens with one attached hydrogen (secondary N) is 2. The Bertz CT molecular complexity index is 560. The maximum absolute atomic E-state index is 11.9. The summed E-state index contributed by atoms with van der Waals surface area (Å²) in [6.45, 7) is 1.63. The molecule has 1 aromatic carbocycles. The van der Waals surface area contributed by atoms with Crippen LogP contribution in [0.3, 0.4) is 0 Å². The molecule has 1 unspecified atom stereocenters. The molecule has 0 spiro atoms. The molecule has 0 bridgehead atoms. The minimum atomic E-state index is -4.29. The Morgan fingerprint density at radius 2 is 1.85 bits per heavy atom. The molecule has 0 aliphatic rings. The van der Waals surface area contributed by atoms with Gasteiger partial charge in [-0.1, -0.05) is 12.1 Å². The molecule has 1 aromatic rings. The number of rotatable bonds is 10. The van der Waals surface area contributed by atoms with Crippen molar-refractivity contribution in [2.45, 2.75) is 25.6 Å². The minimum absolute atomic E-state index is 0. The smallest absolute Gasteiger partial charge is 0.411 e. The highest BCUT2D eigenvalue weighted by Gasteiger charge is 2.27. The predicted octanol–water partition coefficient (Wildman–Crippen LogP) is 3.21. The van der Waals surface area contributed by atoms with Crippen molar-refractivity contribution >= 4 is 29.9 Å². The number of alkyl halides is 3. The topological polar surface area (TPSA) is 64.1 Å². The number of methoxy groups -OCH3 is 1. The number of ether oxygens (including phenoxy) is 3. The average molecular weight is 505 g/mol. The minimum Gasteiger partial charge on any atom is -0.493 e. The van der Waals surface area contributed by atoms with Crippen molar-refractivity contribution < 1.29 is 27.4 Å². The normalized spacial score (nSPS) is 12.7. The van der Waals surface area contributed by atoms with Gasteiger partial charge in [-0.3, -0.25) is 4.99 Å². The van der Waals surface area contributed by atoms with Gasteiger partial charge < -0.3 is 24.8 Å². The predicted molar refractivity (Wildman–Crippen MR) is 109 cm³/mol. The Morgan fingerprint density at radius 1 is 1.19 bits per heavy atom. The van der Waals surface area contributed by atoms with Gasteiger partial charge in [0, 0.05) is 20.2 Å². The lowest BCUT2D eigenvalue weighted by Crippen LogP contribution is -2.42. The highest BCUT2D eigenvalue weighted by atomic mass is 127. The first kappa shape index (κ1) is 25.6. The summed E-state index contributed by atoms with van der Waals surface area (Å²) in [6.07, 6.45) is -4.01. The van der Waals surface area contributed by atoms with E-state index in [0.717, 1.165) is 0 Å². The highest BCUT2D eigenvalue weighted by molar-refractivity contribution is 14.0. The molecule has 0 saturated heterocycles. The maximum Gasteiger partial charge on any atom is 0.411 e. The molecular formula is C17H27F3IN3O3. The molecule has 10 heteroatoms. The van der Waals surface area contributed by atoms with E-state index in [1.807, 2.05) is 31.2 Å².